The van der Waals surface area contributed by atoms with Crippen molar-refractivity contribution in [1.82, 2.24) is 10.2 Å². The molecular formula is C24H32N2O4. The first kappa shape index (κ1) is 22.0. The summed E-state index contributed by atoms with van der Waals surface area (Å²) in [5.74, 6) is 2.09. The fraction of sp³-hybridized carbons (Fsp3) is 0.458. The highest BCUT2D eigenvalue weighted by Gasteiger charge is 2.22. The molecule has 1 amide bonds. The maximum atomic E-state index is 12.7. The number of benzene rings is 2. The molecule has 1 aliphatic heterocycles. The predicted octanol–water partition coefficient (Wildman–Crippen LogP) is 3.81. The number of piperidine rings is 1. The standard InChI is InChI=1S/C24H32N2O4/c1-5-30-23-12-18(7-6-17(23)2)16-26-10-8-20(9-11-26)25-24(27)19-13-21(28-3)15-22(14-19)29-4/h6-7,12-15,20H,5,8-11,16H2,1-4H3,(H,25,27). The predicted molar refractivity (Wildman–Crippen MR) is 118 cm³/mol. The second kappa shape index (κ2) is 10.3. The van der Waals surface area contributed by atoms with Crippen LogP contribution in [0, 0.1) is 6.92 Å². The second-order valence-electron chi connectivity index (χ2n) is 7.66. The number of ether oxygens (including phenoxy) is 3. The third-order valence-corrected chi connectivity index (χ3v) is 5.50. The van der Waals surface area contributed by atoms with E-state index in [1.54, 1.807) is 32.4 Å². The van der Waals surface area contributed by atoms with Crippen molar-refractivity contribution in [2.75, 3.05) is 33.9 Å². The molecule has 6 nitrogen and oxygen atoms in total. The zero-order valence-corrected chi connectivity index (χ0v) is 18.4. The molecule has 30 heavy (non-hydrogen) atoms. The lowest BCUT2D eigenvalue weighted by atomic mass is 10.0. The minimum Gasteiger partial charge on any atom is -0.497 e. The van der Waals surface area contributed by atoms with Gasteiger partial charge < -0.3 is 19.5 Å². The number of amides is 1. The minimum atomic E-state index is -0.0921. The molecule has 1 saturated heterocycles. The summed E-state index contributed by atoms with van der Waals surface area (Å²) in [6, 6.07) is 11.8. The van der Waals surface area contributed by atoms with E-state index in [4.69, 9.17) is 14.2 Å². The van der Waals surface area contributed by atoms with Crippen LogP contribution >= 0.6 is 0 Å². The van der Waals surface area contributed by atoms with Crippen molar-refractivity contribution in [3.05, 3.63) is 53.1 Å². The topological polar surface area (TPSA) is 60.0 Å². The molecule has 2 aromatic rings. The molecule has 0 bridgehead atoms. The van der Waals surface area contributed by atoms with Crippen molar-refractivity contribution in [1.29, 1.82) is 0 Å². The van der Waals surface area contributed by atoms with Crippen LogP contribution in [-0.4, -0.2) is 50.8 Å². The Kier molecular flexibility index (Phi) is 7.57. The average Bonchev–Trinajstić information content (AvgIpc) is 2.77. The van der Waals surface area contributed by atoms with E-state index < -0.39 is 0 Å². The third kappa shape index (κ3) is 5.66. The molecule has 0 aromatic heterocycles. The second-order valence-corrected chi connectivity index (χ2v) is 7.66. The molecule has 0 unspecified atom stereocenters. The summed E-state index contributed by atoms with van der Waals surface area (Å²) in [5, 5.41) is 3.16. The monoisotopic (exact) mass is 412 g/mol. The summed E-state index contributed by atoms with van der Waals surface area (Å²) in [7, 11) is 3.16. The molecule has 162 valence electrons. The number of likely N-dealkylation sites (tertiary alicyclic amines) is 1. The van der Waals surface area contributed by atoms with Gasteiger partial charge in [-0.3, -0.25) is 9.69 Å². The van der Waals surface area contributed by atoms with Gasteiger partial charge in [-0.05, 0) is 56.0 Å². The van der Waals surface area contributed by atoms with E-state index in [1.165, 1.54) is 5.56 Å². The average molecular weight is 413 g/mol. The maximum Gasteiger partial charge on any atom is 0.251 e. The van der Waals surface area contributed by atoms with E-state index in [2.05, 4.69) is 35.3 Å². The molecule has 0 radical (unpaired) electrons. The molecule has 6 heteroatoms. The van der Waals surface area contributed by atoms with Crippen LogP contribution < -0.4 is 19.5 Å². The smallest absolute Gasteiger partial charge is 0.251 e. The first-order valence-electron chi connectivity index (χ1n) is 10.5. The molecule has 1 fully saturated rings. The van der Waals surface area contributed by atoms with Crippen molar-refractivity contribution in [3.8, 4) is 17.2 Å². The summed E-state index contributed by atoms with van der Waals surface area (Å²) >= 11 is 0. The number of hydrogen-bond acceptors (Lipinski definition) is 5. The molecule has 0 atom stereocenters. The van der Waals surface area contributed by atoms with Gasteiger partial charge in [-0.15, -0.1) is 0 Å². The molecule has 3 rings (SSSR count). The van der Waals surface area contributed by atoms with Gasteiger partial charge in [-0.25, -0.2) is 0 Å². The largest absolute Gasteiger partial charge is 0.497 e. The van der Waals surface area contributed by atoms with Gasteiger partial charge in [0.25, 0.3) is 5.91 Å². The molecule has 0 aliphatic carbocycles. The molecular weight excluding hydrogens is 380 g/mol. The Morgan fingerprint density at radius 1 is 1.07 bits per heavy atom. The minimum absolute atomic E-state index is 0.0921. The SMILES string of the molecule is CCOc1cc(CN2CCC(NC(=O)c3cc(OC)cc(OC)c3)CC2)ccc1C. The van der Waals surface area contributed by atoms with Gasteiger partial charge in [0, 0.05) is 37.3 Å². The summed E-state index contributed by atoms with van der Waals surface area (Å²) in [6.07, 6.45) is 1.86. The number of aryl methyl sites for hydroxylation is 1. The number of carbonyl (C=O) groups excluding carboxylic acids is 1. The first-order valence-corrected chi connectivity index (χ1v) is 10.5. The lowest BCUT2D eigenvalue weighted by Crippen LogP contribution is -2.44. The van der Waals surface area contributed by atoms with Crippen LogP contribution in [0.5, 0.6) is 17.2 Å². The third-order valence-electron chi connectivity index (χ3n) is 5.50. The number of carbonyl (C=O) groups is 1. The Labute approximate surface area is 179 Å². The molecule has 1 heterocycles. The Hall–Kier alpha value is -2.73. The van der Waals surface area contributed by atoms with Crippen LogP contribution in [0.1, 0.15) is 41.3 Å². The van der Waals surface area contributed by atoms with Gasteiger partial charge in [0.1, 0.15) is 17.2 Å². The van der Waals surface area contributed by atoms with Gasteiger partial charge in [0.2, 0.25) is 0 Å². The summed E-state index contributed by atoms with van der Waals surface area (Å²) in [4.78, 5) is 15.1. The van der Waals surface area contributed by atoms with Crippen molar-refractivity contribution >= 4 is 5.91 Å². The van der Waals surface area contributed by atoms with E-state index in [-0.39, 0.29) is 11.9 Å². The van der Waals surface area contributed by atoms with Crippen LogP contribution in [0.4, 0.5) is 0 Å². The van der Waals surface area contributed by atoms with Crippen molar-refractivity contribution in [3.63, 3.8) is 0 Å². The van der Waals surface area contributed by atoms with Crippen LogP contribution in [0.3, 0.4) is 0 Å². The van der Waals surface area contributed by atoms with Crippen molar-refractivity contribution in [2.24, 2.45) is 0 Å². The summed E-state index contributed by atoms with van der Waals surface area (Å²) < 4.78 is 16.2. The zero-order valence-electron chi connectivity index (χ0n) is 18.4. The first-order chi connectivity index (χ1) is 14.5. The summed E-state index contributed by atoms with van der Waals surface area (Å²) in [6.45, 7) is 7.55. The fourth-order valence-electron chi connectivity index (χ4n) is 3.75. The molecule has 1 N–H and O–H groups in total. The van der Waals surface area contributed by atoms with E-state index >= 15 is 0 Å². The van der Waals surface area contributed by atoms with Crippen molar-refractivity contribution in [2.45, 2.75) is 39.3 Å². The Balaban J connectivity index is 1.53. The highest BCUT2D eigenvalue weighted by Crippen LogP contribution is 2.24. The molecule has 1 aliphatic rings. The van der Waals surface area contributed by atoms with Crippen LogP contribution in [0.15, 0.2) is 36.4 Å². The van der Waals surface area contributed by atoms with Gasteiger partial charge in [-0.2, -0.15) is 0 Å². The Morgan fingerprint density at radius 2 is 1.73 bits per heavy atom. The van der Waals surface area contributed by atoms with Gasteiger partial charge in [0.15, 0.2) is 0 Å². The lowest BCUT2D eigenvalue weighted by molar-refractivity contribution is 0.0908. The zero-order chi connectivity index (χ0) is 21.5. The van der Waals surface area contributed by atoms with E-state index in [1.807, 2.05) is 6.92 Å². The van der Waals surface area contributed by atoms with Gasteiger partial charge in [-0.1, -0.05) is 12.1 Å². The fourth-order valence-corrected chi connectivity index (χ4v) is 3.75. The quantitative estimate of drug-likeness (QED) is 0.715. The van der Waals surface area contributed by atoms with E-state index in [9.17, 15) is 4.79 Å². The Bertz CT molecular complexity index is 838. The normalized spacial score (nSPS) is 14.9. The van der Waals surface area contributed by atoms with Gasteiger partial charge in [0.05, 0.1) is 20.8 Å². The molecule has 0 saturated carbocycles. The van der Waals surface area contributed by atoms with E-state index in [0.717, 1.165) is 43.8 Å². The number of methoxy groups -OCH3 is 2. The highest BCUT2D eigenvalue weighted by molar-refractivity contribution is 5.95. The number of hydrogen-bond donors (Lipinski definition) is 1. The van der Waals surface area contributed by atoms with Gasteiger partial charge >= 0.3 is 0 Å². The van der Waals surface area contributed by atoms with Crippen molar-refractivity contribution < 1.29 is 19.0 Å². The molecule has 0 spiro atoms. The maximum absolute atomic E-state index is 12.7. The Morgan fingerprint density at radius 3 is 2.33 bits per heavy atom. The number of rotatable bonds is 8. The van der Waals surface area contributed by atoms with Crippen LogP contribution in [0.2, 0.25) is 0 Å². The number of nitrogens with one attached hydrogen (secondary N) is 1. The summed E-state index contributed by atoms with van der Waals surface area (Å²) in [5.41, 5.74) is 2.97. The van der Waals surface area contributed by atoms with Crippen LogP contribution in [-0.2, 0) is 6.54 Å². The lowest BCUT2D eigenvalue weighted by Gasteiger charge is -2.32. The van der Waals surface area contributed by atoms with Crippen LogP contribution in [0.25, 0.3) is 0 Å². The van der Waals surface area contributed by atoms with E-state index in [0.29, 0.717) is 23.7 Å². The molecule has 2 aromatic carbocycles. The number of nitrogens with zero attached hydrogens (tertiary/aromatic N) is 1. The highest BCUT2D eigenvalue weighted by atomic mass is 16.5.